The van der Waals surface area contributed by atoms with E-state index < -0.39 is 35.3 Å². The van der Waals surface area contributed by atoms with E-state index in [0.29, 0.717) is 5.56 Å². The Morgan fingerprint density at radius 1 is 1.14 bits per heavy atom. The van der Waals surface area contributed by atoms with Crippen LogP contribution in [-0.2, 0) is 36.8 Å². The van der Waals surface area contributed by atoms with Crippen molar-refractivity contribution in [3.63, 3.8) is 0 Å². The molecule has 0 saturated heterocycles. The second kappa shape index (κ2) is 7.47. The lowest BCUT2D eigenvalue weighted by atomic mass is 10.2. The summed E-state index contributed by atoms with van der Waals surface area (Å²) in [5.74, 6) is -2.25. The summed E-state index contributed by atoms with van der Waals surface area (Å²) in [6, 6.07) is 6.27. The SMILES string of the molecule is Cn1c(COC(=O)Cn2nc(-c3ccc(F)cc3)oc2=O)cc(=O)n(C)c1=O. The average molecular weight is 390 g/mol. The Morgan fingerprint density at radius 2 is 1.82 bits per heavy atom. The van der Waals surface area contributed by atoms with Gasteiger partial charge in [-0.25, -0.2) is 14.0 Å². The largest absolute Gasteiger partial charge is 0.458 e. The number of halogens is 1. The van der Waals surface area contributed by atoms with Crippen LogP contribution in [0.2, 0.25) is 0 Å². The minimum atomic E-state index is -0.891. The minimum absolute atomic E-state index is 0.0771. The molecule has 0 N–H and O–H groups in total. The molecule has 0 saturated carbocycles. The van der Waals surface area contributed by atoms with Crippen LogP contribution in [0.4, 0.5) is 4.39 Å². The van der Waals surface area contributed by atoms with Crippen LogP contribution in [0.5, 0.6) is 0 Å². The summed E-state index contributed by atoms with van der Waals surface area (Å²) in [6.07, 6.45) is 0. The fraction of sp³-hybridized carbons (Fsp3) is 0.235. The lowest BCUT2D eigenvalue weighted by Crippen LogP contribution is -2.38. The lowest BCUT2D eigenvalue weighted by molar-refractivity contribution is -0.146. The number of carbonyl (C=O) groups is 1. The molecular weight excluding hydrogens is 375 g/mol. The fourth-order valence-electron chi connectivity index (χ4n) is 2.35. The van der Waals surface area contributed by atoms with Gasteiger partial charge in [-0.05, 0) is 24.3 Å². The number of esters is 1. The van der Waals surface area contributed by atoms with Crippen LogP contribution in [-0.4, -0.2) is 24.9 Å². The van der Waals surface area contributed by atoms with Crippen LogP contribution in [0.15, 0.2) is 49.1 Å². The Morgan fingerprint density at radius 3 is 2.50 bits per heavy atom. The van der Waals surface area contributed by atoms with E-state index in [4.69, 9.17) is 9.15 Å². The van der Waals surface area contributed by atoms with Gasteiger partial charge < -0.3 is 9.15 Å². The number of benzene rings is 1. The van der Waals surface area contributed by atoms with Crippen molar-refractivity contribution >= 4 is 5.97 Å². The van der Waals surface area contributed by atoms with Crippen molar-refractivity contribution in [3.05, 3.63) is 73.2 Å². The molecule has 0 aliphatic carbocycles. The normalized spacial score (nSPS) is 10.8. The molecule has 3 rings (SSSR count). The van der Waals surface area contributed by atoms with E-state index >= 15 is 0 Å². The molecule has 1 aromatic carbocycles. The Kier molecular flexibility index (Phi) is 5.07. The Balaban J connectivity index is 1.71. The smallest absolute Gasteiger partial charge is 0.437 e. The first-order valence-corrected chi connectivity index (χ1v) is 8.01. The van der Waals surface area contributed by atoms with Crippen molar-refractivity contribution in [2.24, 2.45) is 14.1 Å². The molecule has 0 aliphatic rings. The molecule has 11 heteroatoms. The second-order valence-corrected chi connectivity index (χ2v) is 5.87. The highest BCUT2D eigenvalue weighted by Gasteiger charge is 2.15. The summed E-state index contributed by atoms with van der Waals surface area (Å²) in [5.41, 5.74) is -0.539. The molecule has 0 radical (unpaired) electrons. The molecule has 10 nitrogen and oxygen atoms in total. The number of hydrogen-bond acceptors (Lipinski definition) is 7. The van der Waals surface area contributed by atoms with Gasteiger partial charge in [0.05, 0.1) is 5.69 Å². The fourth-order valence-corrected chi connectivity index (χ4v) is 2.35. The van der Waals surface area contributed by atoms with Gasteiger partial charge in [0, 0.05) is 25.7 Å². The summed E-state index contributed by atoms with van der Waals surface area (Å²) < 4.78 is 25.8. The third kappa shape index (κ3) is 3.82. The van der Waals surface area contributed by atoms with Gasteiger partial charge in [-0.3, -0.25) is 18.7 Å². The van der Waals surface area contributed by atoms with Gasteiger partial charge in [-0.2, -0.15) is 4.68 Å². The van der Waals surface area contributed by atoms with Crippen molar-refractivity contribution in [1.82, 2.24) is 18.9 Å². The van der Waals surface area contributed by atoms with Crippen LogP contribution in [0, 0.1) is 5.82 Å². The zero-order valence-electron chi connectivity index (χ0n) is 14.9. The van der Waals surface area contributed by atoms with Gasteiger partial charge in [0.15, 0.2) is 0 Å². The zero-order chi connectivity index (χ0) is 20.4. The summed E-state index contributed by atoms with van der Waals surface area (Å²) in [7, 11) is 2.76. The first kappa shape index (κ1) is 19.0. The third-order valence-corrected chi connectivity index (χ3v) is 3.98. The van der Waals surface area contributed by atoms with Crippen molar-refractivity contribution < 1.29 is 18.3 Å². The molecule has 2 heterocycles. The molecule has 0 unspecified atom stereocenters. The van der Waals surface area contributed by atoms with Crippen LogP contribution in [0.3, 0.4) is 0 Å². The summed E-state index contributed by atoms with van der Waals surface area (Å²) >= 11 is 0. The second-order valence-electron chi connectivity index (χ2n) is 5.87. The average Bonchev–Trinajstić information content (AvgIpc) is 3.02. The zero-order valence-corrected chi connectivity index (χ0v) is 14.9. The number of nitrogens with zero attached hydrogens (tertiary/aromatic N) is 4. The molecule has 28 heavy (non-hydrogen) atoms. The minimum Gasteiger partial charge on any atom is -0.458 e. The molecule has 0 atom stereocenters. The Labute approximate surface area is 156 Å². The molecule has 3 aromatic rings. The van der Waals surface area contributed by atoms with E-state index in [0.717, 1.165) is 9.25 Å². The highest BCUT2D eigenvalue weighted by Crippen LogP contribution is 2.15. The first-order chi connectivity index (χ1) is 13.3. The van der Waals surface area contributed by atoms with Crippen LogP contribution in [0.25, 0.3) is 11.5 Å². The number of rotatable bonds is 5. The molecule has 0 fully saturated rings. The standard InChI is InChI=1S/C17H15FN4O6/c1-20-12(7-13(23)21(2)16(20)25)9-27-14(24)8-22-17(26)28-15(19-22)10-3-5-11(18)6-4-10/h3-7H,8-9H2,1-2H3. The van der Waals surface area contributed by atoms with E-state index in [2.05, 4.69) is 5.10 Å². The van der Waals surface area contributed by atoms with Crippen LogP contribution < -0.4 is 17.0 Å². The van der Waals surface area contributed by atoms with Crippen molar-refractivity contribution in [3.8, 4) is 11.5 Å². The summed E-state index contributed by atoms with van der Waals surface area (Å²) in [4.78, 5) is 47.3. The Hall–Kier alpha value is -3.76. The maximum Gasteiger partial charge on any atom is 0.437 e. The van der Waals surface area contributed by atoms with Crippen molar-refractivity contribution in [2.45, 2.75) is 13.2 Å². The van der Waals surface area contributed by atoms with E-state index in [1.807, 2.05) is 0 Å². The van der Waals surface area contributed by atoms with Crippen LogP contribution in [0.1, 0.15) is 5.69 Å². The topological polar surface area (TPSA) is 118 Å². The molecule has 2 aromatic heterocycles. The van der Waals surface area contributed by atoms with Gasteiger partial charge in [0.25, 0.3) is 5.56 Å². The molecule has 0 aliphatic heterocycles. The summed E-state index contributed by atoms with van der Waals surface area (Å²) in [5, 5.41) is 3.87. The summed E-state index contributed by atoms with van der Waals surface area (Å²) in [6.45, 7) is -0.875. The van der Waals surface area contributed by atoms with Crippen molar-refractivity contribution in [2.75, 3.05) is 0 Å². The van der Waals surface area contributed by atoms with Gasteiger partial charge in [-0.15, -0.1) is 5.10 Å². The molecule has 0 spiro atoms. The first-order valence-electron chi connectivity index (χ1n) is 8.01. The predicted octanol–water partition coefficient (Wildman–Crippen LogP) is -0.217. The number of hydrogen-bond donors (Lipinski definition) is 0. The Bertz CT molecular complexity index is 1200. The third-order valence-electron chi connectivity index (χ3n) is 3.98. The van der Waals surface area contributed by atoms with Gasteiger partial charge >= 0.3 is 17.4 Å². The number of aromatic nitrogens is 4. The van der Waals surface area contributed by atoms with Crippen molar-refractivity contribution in [1.29, 1.82) is 0 Å². The monoisotopic (exact) mass is 390 g/mol. The number of ether oxygens (including phenoxy) is 1. The van der Waals surface area contributed by atoms with Gasteiger partial charge in [0.1, 0.15) is 19.0 Å². The van der Waals surface area contributed by atoms with E-state index in [-0.39, 0.29) is 18.2 Å². The van der Waals surface area contributed by atoms with E-state index in [1.165, 1.54) is 49.0 Å². The van der Waals surface area contributed by atoms with Gasteiger partial charge in [0.2, 0.25) is 5.89 Å². The van der Waals surface area contributed by atoms with Crippen LogP contribution >= 0.6 is 0 Å². The maximum atomic E-state index is 13.0. The predicted molar refractivity (Wildman–Crippen MR) is 92.9 cm³/mol. The molecular formula is C17H15FN4O6. The highest BCUT2D eigenvalue weighted by molar-refractivity contribution is 5.69. The quantitative estimate of drug-likeness (QED) is 0.553. The van der Waals surface area contributed by atoms with Gasteiger partial charge in [-0.1, -0.05) is 0 Å². The lowest BCUT2D eigenvalue weighted by Gasteiger charge is -2.09. The molecule has 0 amide bonds. The van der Waals surface area contributed by atoms with E-state index in [1.54, 1.807) is 0 Å². The van der Waals surface area contributed by atoms with E-state index in [9.17, 15) is 23.6 Å². The maximum absolute atomic E-state index is 13.0. The molecule has 146 valence electrons. The number of carbonyl (C=O) groups excluding carboxylic acids is 1. The molecule has 0 bridgehead atoms. The highest BCUT2D eigenvalue weighted by atomic mass is 19.1.